The van der Waals surface area contributed by atoms with E-state index in [1.807, 2.05) is 5.92 Å². The normalized spacial score (nSPS) is 8.36. The van der Waals surface area contributed by atoms with Crippen LogP contribution in [0.5, 0.6) is 5.75 Å². The molecule has 56 valence electrons. The van der Waals surface area contributed by atoms with Gasteiger partial charge in [-0.25, -0.2) is 4.79 Å². The van der Waals surface area contributed by atoms with E-state index in [1.165, 1.54) is 22.8 Å². The zero-order valence-corrected chi connectivity index (χ0v) is 6.18. The molecule has 0 aliphatic carbocycles. The van der Waals surface area contributed by atoms with Crippen LogP contribution in [0.2, 0.25) is 0 Å². The summed E-state index contributed by atoms with van der Waals surface area (Å²) in [6, 6.07) is 1.42. The summed E-state index contributed by atoms with van der Waals surface area (Å²) < 4.78 is 0. The number of rotatable bonds is 0. The Bertz CT molecular complexity index is 329. The van der Waals surface area contributed by atoms with E-state index in [0.29, 0.717) is 4.88 Å². The predicted octanol–water partition coefficient (Wildman–Crippen LogP) is 0.890. The first-order valence-electron chi connectivity index (χ1n) is 2.71. The molecule has 0 fully saturated rings. The van der Waals surface area contributed by atoms with Crippen molar-refractivity contribution in [2.75, 3.05) is 0 Å². The molecule has 0 saturated carbocycles. The molecule has 1 heterocycles. The molecule has 1 rings (SSSR count). The Morgan fingerprint density at radius 2 is 2.36 bits per heavy atom. The molecular weight excluding hydrogens is 164 g/mol. The maximum atomic E-state index is 9.95. The molecule has 0 saturated heterocycles. The van der Waals surface area contributed by atoms with Gasteiger partial charge in [0.15, 0.2) is 0 Å². The highest BCUT2D eigenvalue weighted by Gasteiger charge is 1.93. The molecule has 0 aliphatic rings. The monoisotopic (exact) mass is 168 g/mol. The van der Waals surface area contributed by atoms with Crippen LogP contribution < -0.4 is 0 Å². The Hall–Kier alpha value is -1.47. The number of aromatic hydroxyl groups is 1. The van der Waals surface area contributed by atoms with E-state index in [0.717, 1.165) is 0 Å². The summed E-state index contributed by atoms with van der Waals surface area (Å²) in [4.78, 5) is 10.5. The average Bonchev–Trinajstić information content (AvgIpc) is 2.31. The Labute approximate surface area is 66.9 Å². The fourth-order valence-corrected chi connectivity index (χ4v) is 1.12. The van der Waals surface area contributed by atoms with Gasteiger partial charge in [-0.15, -0.1) is 11.3 Å². The summed E-state index contributed by atoms with van der Waals surface area (Å²) in [6.45, 7) is 0. The average molecular weight is 168 g/mol. The minimum absolute atomic E-state index is 0.115. The molecule has 0 atom stereocenters. The lowest BCUT2D eigenvalue weighted by molar-refractivity contribution is -0.130. The highest BCUT2D eigenvalue weighted by Crippen LogP contribution is 2.18. The minimum Gasteiger partial charge on any atom is -0.507 e. The predicted molar refractivity (Wildman–Crippen MR) is 40.5 cm³/mol. The van der Waals surface area contributed by atoms with E-state index >= 15 is 0 Å². The molecule has 0 amide bonds. The van der Waals surface area contributed by atoms with E-state index < -0.39 is 5.97 Å². The van der Waals surface area contributed by atoms with Crippen molar-refractivity contribution in [3.8, 4) is 17.6 Å². The first kappa shape index (κ1) is 7.63. The van der Waals surface area contributed by atoms with E-state index in [-0.39, 0.29) is 5.75 Å². The summed E-state index contributed by atoms with van der Waals surface area (Å²) in [7, 11) is 0. The number of thiophene rings is 1. The Morgan fingerprint density at radius 3 is 2.82 bits per heavy atom. The summed E-state index contributed by atoms with van der Waals surface area (Å²) in [5.41, 5.74) is 0. The Morgan fingerprint density at radius 1 is 1.64 bits per heavy atom. The van der Waals surface area contributed by atoms with Gasteiger partial charge in [-0.2, -0.15) is 0 Å². The molecule has 0 radical (unpaired) electrons. The van der Waals surface area contributed by atoms with Gasteiger partial charge in [0.25, 0.3) is 0 Å². The maximum Gasteiger partial charge on any atom is 0.382 e. The van der Waals surface area contributed by atoms with Gasteiger partial charge in [0, 0.05) is 17.4 Å². The van der Waals surface area contributed by atoms with Crippen molar-refractivity contribution in [3.63, 3.8) is 0 Å². The van der Waals surface area contributed by atoms with Crippen LogP contribution in [0.4, 0.5) is 0 Å². The van der Waals surface area contributed by atoms with Crippen LogP contribution in [0.15, 0.2) is 11.4 Å². The van der Waals surface area contributed by atoms with Crippen molar-refractivity contribution in [2.45, 2.75) is 0 Å². The molecule has 2 N–H and O–H groups in total. The van der Waals surface area contributed by atoms with Gasteiger partial charge in [0.05, 0.1) is 4.88 Å². The number of carbonyl (C=O) groups is 1. The first-order valence-corrected chi connectivity index (χ1v) is 3.59. The van der Waals surface area contributed by atoms with E-state index in [9.17, 15) is 4.79 Å². The first-order chi connectivity index (χ1) is 5.18. The second-order valence-corrected chi connectivity index (χ2v) is 2.64. The van der Waals surface area contributed by atoms with Crippen molar-refractivity contribution >= 4 is 17.3 Å². The van der Waals surface area contributed by atoms with Crippen molar-refractivity contribution in [1.29, 1.82) is 0 Å². The second kappa shape index (κ2) is 3.08. The van der Waals surface area contributed by atoms with Crippen molar-refractivity contribution in [2.24, 2.45) is 0 Å². The number of hydrogen-bond donors (Lipinski definition) is 2. The zero-order valence-electron chi connectivity index (χ0n) is 5.37. The zero-order chi connectivity index (χ0) is 8.27. The van der Waals surface area contributed by atoms with Gasteiger partial charge < -0.3 is 10.2 Å². The molecule has 3 nitrogen and oxygen atoms in total. The third-order valence-electron chi connectivity index (χ3n) is 0.878. The molecule has 0 spiro atoms. The fourth-order valence-electron chi connectivity index (χ4n) is 0.507. The van der Waals surface area contributed by atoms with E-state index in [2.05, 4.69) is 5.92 Å². The van der Waals surface area contributed by atoms with Crippen LogP contribution in [0.3, 0.4) is 0 Å². The fraction of sp³-hybridized carbons (Fsp3) is 0. The SMILES string of the molecule is O=C(O)C#Cc1cc(O)cs1. The Kier molecular flexibility index (Phi) is 2.14. The molecule has 0 unspecified atom stereocenters. The number of aliphatic carboxylic acids is 1. The summed E-state index contributed by atoms with van der Waals surface area (Å²) in [6.07, 6.45) is 0. The molecule has 0 aromatic carbocycles. The van der Waals surface area contributed by atoms with Gasteiger partial charge in [-0.1, -0.05) is 0 Å². The molecule has 0 bridgehead atoms. The lowest BCUT2D eigenvalue weighted by atomic mass is 10.4. The second-order valence-electron chi connectivity index (χ2n) is 1.72. The van der Waals surface area contributed by atoms with Gasteiger partial charge in [-0.3, -0.25) is 0 Å². The number of carboxylic acids is 1. The smallest absolute Gasteiger partial charge is 0.382 e. The summed E-state index contributed by atoms with van der Waals surface area (Å²) in [5.74, 6) is 3.26. The van der Waals surface area contributed by atoms with Crippen molar-refractivity contribution in [1.82, 2.24) is 0 Å². The number of carboxylic acid groups (broad SMARTS) is 1. The van der Waals surface area contributed by atoms with Crippen LogP contribution in [-0.2, 0) is 4.79 Å². The summed E-state index contributed by atoms with van der Waals surface area (Å²) in [5, 5.41) is 18.5. The van der Waals surface area contributed by atoms with Crippen molar-refractivity contribution < 1.29 is 15.0 Å². The quantitative estimate of drug-likeness (QED) is 0.565. The lowest BCUT2D eigenvalue weighted by Crippen LogP contribution is -1.85. The van der Waals surface area contributed by atoms with Gasteiger partial charge >= 0.3 is 5.97 Å². The Balaban J connectivity index is 2.82. The van der Waals surface area contributed by atoms with E-state index in [1.54, 1.807) is 0 Å². The van der Waals surface area contributed by atoms with Crippen molar-refractivity contribution in [3.05, 3.63) is 16.3 Å². The lowest BCUT2D eigenvalue weighted by Gasteiger charge is -1.74. The molecule has 1 aromatic heterocycles. The molecule has 4 heteroatoms. The van der Waals surface area contributed by atoms with Crippen LogP contribution in [0, 0.1) is 11.8 Å². The highest BCUT2D eigenvalue weighted by atomic mass is 32.1. The van der Waals surface area contributed by atoms with Gasteiger partial charge in [-0.05, 0) is 5.92 Å². The van der Waals surface area contributed by atoms with Crippen LogP contribution in [0.25, 0.3) is 0 Å². The topological polar surface area (TPSA) is 57.5 Å². The largest absolute Gasteiger partial charge is 0.507 e. The summed E-state index contributed by atoms with van der Waals surface area (Å²) >= 11 is 1.20. The minimum atomic E-state index is -1.17. The number of hydrogen-bond acceptors (Lipinski definition) is 3. The van der Waals surface area contributed by atoms with Crippen LogP contribution in [0.1, 0.15) is 4.88 Å². The third kappa shape index (κ3) is 2.32. The molecule has 0 aliphatic heterocycles. The van der Waals surface area contributed by atoms with Gasteiger partial charge in [0.1, 0.15) is 5.75 Å². The third-order valence-corrected chi connectivity index (χ3v) is 1.71. The van der Waals surface area contributed by atoms with Gasteiger partial charge in [0.2, 0.25) is 0 Å². The molecule has 1 aromatic rings. The molecular formula is C7H4O3S. The van der Waals surface area contributed by atoms with E-state index in [4.69, 9.17) is 10.2 Å². The highest BCUT2D eigenvalue weighted by molar-refractivity contribution is 7.10. The standard InChI is InChI=1S/C7H4O3S/c8-5-3-6(11-4-5)1-2-7(9)10/h3-4,8H,(H,9,10). The van der Waals surface area contributed by atoms with Crippen LogP contribution in [-0.4, -0.2) is 16.2 Å². The van der Waals surface area contributed by atoms with Crippen LogP contribution >= 0.6 is 11.3 Å². The molecule has 11 heavy (non-hydrogen) atoms. The maximum absolute atomic E-state index is 9.95.